The molecule has 140 valence electrons. The van der Waals surface area contributed by atoms with Crippen LogP contribution in [0.25, 0.3) is 0 Å². The summed E-state index contributed by atoms with van der Waals surface area (Å²) < 4.78 is 0. The Labute approximate surface area is 153 Å². The summed E-state index contributed by atoms with van der Waals surface area (Å²) in [6.07, 6.45) is 2.50. The SMILES string of the molecule is CCn1nc(C)c(C(=O)N2C[C@H](c3nc(C(C)C)n[nH]3)[C@@H](C3CC3)C2)n1. The van der Waals surface area contributed by atoms with E-state index in [0.717, 1.165) is 18.2 Å². The molecule has 2 aromatic heterocycles. The summed E-state index contributed by atoms with van der Waals surface area (Å²) in [6, 6.07) is 0. The van der Waals surface area contributed by atoms with Crippen molar-refractivity contribution in [3.63, 3.8) is 0 Å². The molecule has 8 heteroatoms. The maximum absolute atomic E-state index is 13.0. The molecule has 0 spiro atoms. The van der Waals surface area contributed by atoms with E-state index in [1.165, 1.54) is 12.8 Å². The Balaban J connectivity index is 1.57. The molecule has 0 aromatic carbocycles. The molecule has 2 aliphatic rings. The summed E-state index contributed by atoms with van der Waals surface area (Å²) in [5.41, 5.74) is 1.17. The van der Waals surface area contributed by atoms with Crippen molar-refractivity contribution >= 4 is 5.91 Å². The third kappa shape index (κ3) is 3.01. The number of nitrogens with zero attached hydrogens (tertiary/aromatic N) is 6. The summed E-state index contributed by atoms with van der Waals surface area (Å²) in [5.74, 6) is 3.43. The molecular formula is C18H27N7O. The molecule has 1 amide bonds. The first-order valence-electron chi connectivity index (χ1n) is 9.61. The van der Waals surface area contributed by atoms with E-state index in [-0.39, 0.29) is 11.8 Å². The van der Waals surface area contributed by atoms with Gasteiger partial charge in [0.1, 0.15) is 5.82 Å². The highest BCUT2D eigenvalue weighted by Crippen LogP contribution is 2.47. The average Bonchev–Trinajstić information content (AvgIpc) is 3.05. The molecule has 1 aliphatic heterocycles. The van der Waals surface area contributed by atoms with E-state index in [9.17, 15) is 4.79 Å². The van der Waals surface area contributed by atoms with Gasteiger partial charge in [-0.1, -0.05) is 13.8 Å². The Kier molecular flexibility index (Phi) is 4.28. The quantitative estimate of drug-likeness (QED) is 0.885. The lowest BCUT2D eigenvalue weighted by Gasteiger charge is -2.14. The first-order valence-corrected chi connectivity index (χ1v) is 9.61. The van der Waals surface area contributed by atoms with Gasteiger partial charge in [-0.25, -0.2) is 4.98 Å². The number of carbonyl (C=O) groups excluding carboxylic acids is 1. The van der Waals surface area contributed by atoms with Gasteiger partial charge in [0.15, 0.2) is 11.5 Å². The minimum Gasteiger partial charge on any atom is -0.336 e. The van der Waals surface area contributed by atoms with Crippen LogP contribution in [0.4, 0.5) is 0 Å². The number of aryl methyl sites for hydroxylation is 2. The van der Waals surface area contributed by atoms with Gasteiger partial charge in [0, 0.05) is 24.9 Å². The molecule has 0 unspecified atom stereocenters. The second-order valence-electron chi connectivity index (χ2n) is 7.87. The predicted octanol–water partition coefficient (Wildman–Crippen LogP) is 2.11. The second kappa shape index (κ2) is 6.48. The number of H-pyrrole nitrogens is 1. The van der Waals surface area contributed by atoms with E-state index < -0.39 is 0 Å². The topological polar surface area (TPSA) is 92.6 Å². The number of likely N-dealkylation sites (tertiary alicyclic amines) is 1. The normalized spacial score (nSPS) is 23.2. The first-order chi connectivity index (χ1) is 12.5. The molecule has 4 rings (SSSR count). The zero-order chi connectivity index (χ0) is 18.4. The highest BCUT2D eigenvalue weighted by Gasteiger charge is 2.46. The lowest BCUT2D eigenvalue weighted by molar-refractivity contribution is 0.0777. The number of hydrogen-bond acceptors (Lipinski definition) is 5. The predicted molar refractivity (Wildman–Crippen MR) is 95.8 cm³/mol. The van der Waals surface area contributed by atoms with Gasteiger partial charge >= 0.3 is 0 Å². The van der Waals surface area contributed by atoms with Crippen LogP contribution in [0.1, 0.15) is 73.3 Å². The summed E-state index contributed by atoms with van der Waals surface area (Å²) in [7, 11) is 0. The van der Waals surface area contributed by atoms with Crippen LogP contribution in [0.5, 0.6) is 0 Å². The fourth-order valence-electron chi connectivity index (χ4n) is 3.92. The van der Waals surface area contributed by atoms with Crippen molar-refractivity contribution in [2.24, 2.45) is 11.8 Å². The van der Waals surface area contributed by atoms with Gasteiger partial charge in [-0.05, 0) is 38.5 Å². The average molecular weight is 357 g/mol. The minimum absolute atomic E-state index is 0.0149. The highest BCUT2D eigenvalue weighted by molar-refractivity contribution is 5.93. The molecule has 1 saturated heterocycles. The summed E-state index contributed by atoms with van der Waals surface area (Å²) >= 11 is 0. The Morgan fingerprint density at radius 2 is 2.04 bits per heavy atom. The molecular weight excluding hydrogens is 330 g/mol. The number of nitrogens with one attached hydrogen (secondary N) is 1. The van der Waals surface area contributed by atoms with E-state index in [0.29, 0.717) is 42.2 Å². The minimum atomic E-state index is -0.0149. The van der Waals surface area contributed by atoms with Gasteiger partial charge < -0.3 is 4.90 Å². The maximum atomic E-state index is 13.0. The van der Waals surface area contributed by atoms with E-state index in [1.807, 2.05) is 18.7 Å². The van der Waals surface area contributed by atoms with E-state index in [1.54, 1.807) is 4.80 Å². The van der Waals surface area contributed by atoms with Crippen LogP contribution >= 0.6 is 0 Å². The molecule has 1 aliphatic carbocycles. The molecule has 0 radical (unpaired) electrons. The van der Waals surface area contributed by atoms with Gasteiger partial charge in [0.2, 0.25) is 0 Å². The second-order valence-corrected chi connectivity index (χ2v) is 7.87. The zero-order valence-electron chi connectivity index (χ0n) is 15.9. The molecule has 1 saturated carbocycles. The fraction of sp³-hybridized carbons (Fsp3) is 0.722. The van der Waals surface area contributed by atoms with E-state index >= 15 is 0 Å². The fourth-order valence-corrected chi connectivity index (χ4v) is 3.92. The van der Waals surface area contributed by atoms with Gasteiger partial charge in [0.25, 0.3) is 5.91 Å². The number of amides is 1. The molecule has 2 fully saturated rings. The zero-order valence-corrected chi connectivity index (χ0v) is 15.9. The Morgan fingerprint density at radius 1 is 1.27 bits per heavy atom. The smallest absolute Gasteiger partial charge is 0.276 e. The van der Waals surface area contributed by atoms with Crippen molar-refractivity contribution in [2.45, 2.75) is 58.9 Å². The monoisotopic (exact) mass is 357 g/mol. The van der Waals surface area contributed by atoms with Crippen molar-refractivity contribution < 1.29 is 4.79 Å². The third-order valence-electron chi connectivity index (χ3n) is 5.58. The highest BCUT2D eigenvalue weighted by atomic mass is 16.2. The summed E-state index contributed by atoms with van der Waals surface area (Å²) in [6.45, 7) is 10.1. The molecule has 2 atom stereocenters. The number of aromatic amines is 1. The number of hydrogen-bond donors (Lipinski definition) is 1. The van der Waals surface area contributed by atoms with Crippen molar-refractivity contribution in [1.29, 1.82) is 0 Å². The van der Waals surface area contributed by atoms with Crippen LogP contribution in [-0.2, 0) is 6.54 Å². The molecule has 1 N–H and O–H groups in total. The first kappa shape index (κ1) is 17.2. The number of carbonyl (C=O) groups is 1. The van der Waals surface area contributed by atoms with E-state index in [4.69, 9.17) is 4.98 Å². The van der Waals surface area contributed by atoms with E-state index in [2.05, 4.69) is 34.2 Å². The van der Waals surface area contributed by atoms with Crippen molar-refractivity contribution in [3.8, 4) is 0 Å². The van der Waals surface area contributed by atoms with Crippen LogP contribution in [0.15, 0.2) is 0 Å². The van der Waals surface area contributed by atoms with Gasteiger partial charge in [0.05, 0.1) is 12.2 Å². The van der Waals surface area contributed by atoms with Crippen molar-refractivity contribution in [2.75, 3.05) is 13.1 Å². The molecule has 0 bridgehead atoms. The van der Waals surface area contributed by atoms with Gasteiger partial charge in [-0.15, -0.1) is 5.10 Å². The number of rotatable bonds is 5. The molecule has 3 heterocycles. The number of aromatic nitrogens is 6. The van der Waals surface area contributed by atoms with Crippen LogP contribution in [0, 0.1) is 18.8 Å². The van der Waals surface area contributed by atoms with Crippen molar-refractivity contribution in [3.05, 3.63) is 23.0 Å². The lowest BCUT2D eigenvalue weighted by Crippen LogP contribution is -2.30. The Bertz CT molecular complexity index is 804. The molecule has 8 nitrogen and oxygen atoms in total. The summed E-state index contributed by atoms with van der Waals surface area (Å²) in [4.78, 5) is 21.3. The maximum Gasteiger partial charge on any atom is 0.276 e. The van der Waals surface area contributed by atoms with Crippen molar-refractivity contribution in [1.82, 2.24) is 35.1 Å². The standard InChI is InChI=1S/C18H27N7O/c1-5-25-22-11(4)15(23-25)18(26)24-8-13(12-6-7-12)14(9-24)17-19-16(10(2)3)20-21-17/h10,12-14H,5-9H2,1-4H3,(H,19,20,21)/t13-,14+/m1/s1. The largest absolute Gasteiger partial charge is 0.336 e. The Morgan fingerprint density at radius 3 is 2.62 bits per heavy atom. The van der Waals surface area contributed by atoms with Crippen LogP contribution in [-0.4, -0.2) is 54.1 Å². The Hall–Kier alpha value is -2.25. The third-order valence-corrected chi connectivity index (χ3v) is 5.58. The van der Waals surface area contributed by atoms with Crippen LogP contribution < -0.4 is 0 Å². The molecule has 2 aromatic rings. The molecule has 26 heavy (non-hydrogen) atoms. The summed E-state index contributed by atoms with van der Waals surface area (Å²) in [5, 5.41) is 16.2. The lowest BCUT2D eigenvalue weighted by atomic mass is 9.91. The van der Waals surface area contributed by atoms with Gasteiger partial charge in [-0.2, -0.15) is 15.0 Å². The van der Waals surface area contributed by atoms with Crippen LogP contribution in [0.2, 0.25) is 0 Å². The van der Waals surface area contributed by atoms with Crippen LogP contribution in [0.3, 0.4) is 0 Å². The van der Waals surface area contributed by atoms with Gasteiger partial charge in [-0.3, -0.25) is 9.89 Å².